The van der Waals surface area contributed by atoms with Gasteiger partial charge in [0.15, 0.2) is 5.82 Å². The van der Waals surface area contributed by atoms with Gasteiger partial charge < -0.3 is 9.47 Å². The lowest BCUT2D eigenvalue weighted by Gasteiger charge is -2.12. The SMILES string of the molecule is CCCCCCCCCCOc1ccc(-c2ncc(-c3ccc(OCC(F)CC(C)C)cc3)cn2)cc1. The topological polar surface area (TPSA) is 44.2 Å². The second-order valence-electron chi connectivity index (χ2n) is 10.2. The number of rotatable bonds is 17. The molecule has 1 heterocycles. The number of halogens is 1. The van der Waals surface area contributed by atoms with E-state index in [9.17, 15) is 4.39 Å². The van der Waals surface area contributed by atoms with Crippen molar-refractivity contribution in [3.63, 3.8) is 0 Å². The molecule has 200 valence electrons. The summed E-state index contributed by atoms with van der Waals surface area (Å²) < 4.78 is 25.4. The monoisotopic (exact) mass is 506 g/mol. The molecule has 37 heavy (non-hydrogen) atoms. The summed E-state index contributed by atoms with van der Waals surface area (Å²) >= 11 is 0. The zero-order valence-electron chi connectivity index (χ0n) is 22.8. The van der Waals surface area contributed by atoms with Crippen LogP contribution in [0.2, 0.25) is 0 Å². The van der Waals surface area contributed by atoms with Gasteiger partial charge in [-0.3, -0.25) is 0 Å². The maximum atomic E-state index is 13.9. The molecule has 1 atom stereocenters. The number of alkyl halides is 1. The normalized spacial score (nSPS) is 12.0. The minimum Gasteiger partial charge on any atom is -0.494 e. The molecule has 0 saturated heterocycles. The van der Waals surface area contributed by atoms with Crippen LogP contribution in [-0.4, -0.2) is 29.4 Å². The Morgan fingerprint density at radius 1 is 0.676 bits per heavy atom. The Kier molecular flexibility index (Phi) is 12.4. The number of ether oxygens (including phenoxy) is 2. The first-order chi connectivity index (χ1) is 18.0. The van der Waals surface area contributed by atoms with Crippen LogP contribution in [0.15, 0.2) is 60.9 Å². The third kappa shape index (κ3) is 10.5. The van der Waals surface area contributed by atoms with E-state index in [1.54, 1.807) is 0 Å². The highest BCUT2D eigenvalue weighted by Gasteiger charge is 2.10. The highest BCUT2D eigenvalue weighted by atomic mass is 19.1. The van der Waals surface area contributed by atoms with E-state index in [1.165, 1.54) is 44.9 Å². The molecule has 0 fully saturated rings. The Bertz CT molecular complexity index is 1000. The van der Waals surface area contributed by atoms with E-state index in [0.717, 1.165) is 35.5 Å². The molecule has 0 saturated carbocycles. The molecule has 2 aromatic carbocycles. The minimum absolute atomic E-state index is 0.0817. The number of unbranched alkanes of at least 4 members (excludes halogenated alkanes) is 7. The third-order valence-corrected chi connectivity index (χ3v) is 6.38. The Morgan fingerprint density at radius 2 is 1.22 bits per heavy atom. The van der Waals surface area contributed by atoms with Crippen LogP contribution in [0.5, 0.6) is 11.5 Å². The summed E-state index contributed by atoms with van der Waals surface area (Å²) in [4.78, 5) is 9.11. The van der Waals surface area contributed by atoms with E-state index < -0.39 is 6.17 Å². The van der Waals surface area contributed by atoms with E-state index in [-0.39, 0.29) is 6.61 Å². The van der Waals surface area contributed by atoms with Crippen molar-refractivity contribution in [2.45, 2.75) is 84.7 Å². The number of hydrogen-bond acceptors (Lipinski definition) is 4. The highest BCUT2D eigenvalue weighted by Crippen LogP contribution is 2.24. The number of hydrogen-bond donors (Lipinski definition) is 0. The van der Waals surface area contributed by atoms with Crippen LogP contribution < -0.4 is 9.47 Å². The molecule has 5 heteroatoms. The number of nitrogens with zero attached hydrogens (tertiary/aromatic N) is 2. The van der Waals surface area contributed by atoms with Crippen LogP contribution in [0.4, 0.5) is 4.39 Å². The summed E-state index contributed by atoms with van der Waals surface area (Å²) in [5.41, 5.74) is 2.86. The molecule has 0 spiro atoms. The molecule has 0 bridgehead atoms. The van der Waals surface area contributed by atoms with Crippen molar-refractivity contribution in [1.29, 1.82) is 0 Å². The van der Waals surface area contributed by atoms with Gasteiger partial charge in [0.1, 0.15) is 24.3 Å². The van der Waals surface area contributed by atoms with E-state index in [0.29, 0.717) is 23.9 Å². The zero-order chi connectivity index (χ0) is 26.3. The molecule has 3 rings (SSSR count). The highest BCUT2D eigenvalue weighted by molar-refractivity contribution is 5.64. The van der Waals surface area contributed by atoms with Crippen molar-refractivity contribution in [1.82, 2.24) is 9.97 Å². The van der Waals surface area contributed by atoms with Gasteiger partial charge in [-0.1, -0.05) is 77.8 Å². The zero-order valence-corrected chi connectivity index (χ0v) is 22.8. The predicted octanol–water partition coefficient (Wildman–Crippen LogP) is 9.09. The van der Waals surface area contributed by atoms with Gasteiger partial charge in [0.05, 0.1) is 6.61 Å². The lowest BCUT2D eigenvalue weighted by Crippen LogP contribution is -2.15. The summed E-state index contributed by atoms with van der Waals surface area (Å²) in [6.07, 6.45) is 13.6. The molecule has 0 radical (unpaired) electrons. The van der Waals surface area contributed by atoms with E-state index in [2.05, 4.69) is 16.9 Å². The third-order valence-electron chi connectivity index (χ3n) is 6.38. The van der Waals surface area contributed by atoms with Gasteiger partial charge in [0.2, 0.25) is 0 Å². The largest absolute Gasteiger partial charge is 0.494 e. The van der Waals surface area contributed by atoms with Gasteiger partial charge in [0, 0.05) is 23.5 Å². The lowest BCUT2D eigenvalue weighted by molar-refractivity contribution is 0.174. The first-order valence-electron chi connectivity index (χ1n) is 14.0. The number of benzene rings is 2. The van der Waals surface area contributed by atoms with Crippen molar-refractivity contribution in [3.05, 3.63) is 60.9 Å². The molecule has 3 aromatic rings. The fourth-order valence-electron chi connectivity index (χ4n) is 4.26. The molecule has 4 nitrogen and oxygen atoms in total. The van der Waals surface area contributed by atoms with Gasteiger partial charge >= 0.3 is 0 Å². The Balaban J connectivity index is 1.42. The summed E-state index contributed by atoms with van der Waals surface area (Å²) in [7, 11) is 0. The van der Waals surface area contributed by atoms with Gasteiger partial charge in [-0.15, -0.1) is 0 Å². The van der Waals surface area contributed by atoms with Gasteiger partial charge in [-0.05, 0) is 60.7 Å². The van der Waals surface area contributed by atoms with E-state index in [1.807, 2.05) is 74.8 Å². The second kappa shape index (κ2) is 16.0. The quantitative estimate of drug-likeness (QED) is 0.171. The molecule has 0 aliphatic rings. The molecule has 0 aliphatic carbocycles. The standard InChI is InChI=1S/C32H43FN2O2/c1-4-5-6-7-8-9-10-11-20-36-30-18-14-27(15-19-30)32-34-22-28(23-35-32)26-12-16-31(17-13-26)37-24-29(33)21-25(2)3/h12-19,22-23,25,29H,4-11,20-21,24H2,1-3H3. The van der Waals surface area contributed by atoms with Crippen LogP contribution in [-0.2, 0) is 0 Å². The van der Waals surface area contributed by atoms with Crippen LogP contribution in [0, 0.1) is 5.92 Å². The van der Waals surface area contributed by atoms with E-state index in [4.69, 9.17) is 9.47 Å². The Morgan fingerprint density at radius 3 is 1.81 bits per heavy atom. The van der Waals surface area contributed by atoms with Crippen molar-refractivity contribution in [2.75, 3.05) is 13.2 Å². The van der Waals surface area contributed by atoms with Crippen molar-refractivity contribution in [3.8, 4) is 34.0 Å². The summed E-state index contributed by atoms with van der Waals surface area (Å²) in [5.74, 6) is 2.54. The molecule has 0 N–H and O–H groups in total. The van der Waals surface area contributed by atoms with Crippen LogP contribution in [0.25, 0.3) is 22.5 Å². The Hall–Kier alpha value is -2.95. The van der Waals surface area contributed by atoms with Crippen LogP contribution in [0.3, 0.4) is 0 Å². The van der Waals surface area contributed by atoms with Crippen LogP contribution in [0.1, 0.15) is 78.6 Å². The molecular formula is C32H43FN2O2. The Labute approximate surface area is 222 Å². The maximum Gasteiger partial charge on any atom is 0.159 e. The smallest absolute Gasteiger partial charge is 0.159 e. The van der Waals surface area contributed by atoms with Gasteiger partial charge in [0.25, 0.3) is 0 Å². The van der Waals surface area contributed by atoms with Gasteiger partial charge in [-0.25, -0.2) is 14.4 Å². The average Bonchev–Trinajstić information content (AvgIpc) is 2.91. The summed E-state index contributed by atoms with van der Waals surface area (Å²) in [6.45, 7) is 7.12. The molecule has 0 amide bonds. The predicted molar refractivity (Wildman–Crippen MR) is 151 cm³/mol. The molecule has 0 aliphatic heterocycles. The molecular weight excluding hydrogens is 463 g/mol. The van der Waals surface area contributed by atoms with E-state index >= 15 is 0 Å². The minimum atomic E-state index is -0.948. The maximum absolute atomic E-state index is 13.9. The van der Waals surface area contributed by atoms with Crippen molar-refractivity contribution in [2.24, 2.45) is 5.92 Å². The number of aromatic nitrogens is 2. The fourth-order valence-corrected chi connectivity index (χ4v) is 4.26. The summed E-state index contributed by atoms with van der Waals surface area (Å²) in [5, 5.41) is 0. The average molecular weight is 507 g/mol. The molecule has 1 aromatic heterocycles. The van der Waals surface area contributed by atoms with Gasteiger partial charge in [-0.2, -0.15) is 0 Å². The first kappa shape index (κ1) is 28.6. The van der Waals surface area contributed by atoms with Crippen LogP contribution >= 0.6 is 0 Å². The fraction of sp³-hybridized carbons (Fsp3) is 0.500. The lowest BCUT2D eigenvalue weighted by atomic mass is 10.1. The van der Waals surface area contributed by atoms with Crippen molar-refractivity contribution < 1.29 is 13.9 Å². The van der Waals surface area contributed by atoms with Crippen molar-refractivity contribution >= 4 is 0 Å². The second-order valence-corrected chi connectivity index (χ2v) is 10.2. The molecule has 1 unspecified atom stereocenters. The summed E-state index contributed by atoms with van der Waals surface area (Å²) in [6, 6.07) is 15.6. The first-order valence-corrected chi connectivity index (χ1v) is 14.0.